The maximum absolute atomic E-state index is 9.85. The highest BCUT2D eigenvalue weighted by atomic mass is 79.9. The number of aromatic nitrogens is 2. The molecule has 1 aromatic carbocycles. The van der Waals surface area contributed by atoms with Crippen LogP contribution in [0.1, 0.15) is 18.2 Å². The van der Waals surface area contributed by atoms with E-state index in [0.29, 0.717) is 18.7 Å². The van der Waals surface area contributed by atoms with Gasteiger partial charge in [0.25, 0.3) is 0 Å². The van der Waals surface area contributed by atoms with Crippen molar-refractivity contribution < 1.29 is 9.84 Å². The fourth-order valence-corrected chi connectivity index (χ4v) is 1.71. The molecule has 0 aliphatic heterocycles. The highest BCUT2D eigenvalue weighted by molar-refractivity contribution is 9.10. The molecule has 5 heteroatoms. The van der Waals surface area contributed by atoms with E-state index in [9.17, 15) is 5.11 Å². The number of rotatable bonds is 5. The summed E-state index contributed by atoms with van der Waals surface area (Å²) < 4.78 is 6.53. The van der Waals surface area contributed by atoms with Gasteiger partial charge in [0, 0.05) is 23.3 Å². The van der Waals surface area contributed by atoms with Gasteiger partial charge in [-0.25, -0.2) is 0 Å². The molecule has 1 unspecified atom stereocenters. The first kappa shape index (κ1) is 13.0. The van der Waals surface area contributed by atoms with Crippen LogP contribution in [0.2, 0.25) is 0 Å². The van der Waals surface area contributed by atoms with Crippen LogP contribution in [-0.4, -0.2) is 21.7 Å². The van der Waals surface area contributed by atoms with Crippen molar-refractivity contribution in [1.29, 1.82) is 0 Å². The van der Waals surface area contributed by atoms with Gasteiger partial charge in [-0.3, -0.25) is 9.97 Å². The SMILES string of the molecule is OC(CCOc1ccc(Br)cc1)c1cnccn1. The van der Waals surface area contributed by atoms with Gasteiger partial charge in [-0.05, 0) is 24.3 Å². The van der Waals surface area contributed by atoms with Crippen LogP contribution in [0.3, 0.4) is 0 Å². The highest BCUT2D eigenvalue weighted by Gasteiger charge is 2.08. The Balaban J connectivity index is 1.80. The standard InChI is InChI=1S/C13H13BrN2O2/c14-10-1-3-11(4-2-10)18-8-5-13(17)12-9-15-6-7-16-12/h1-4,6-7,9,13,17H,5,8H2. The van der Waals surface area contributed by atoms with E-state index in [1.165, 1.54) is 0 Å². The van der Waals surface area contributed by atoms with E-state index in [-0.39, 0.29) is 0 Å². The average Bonchev–Trinajstić information content (AvgIpc) is 2.42. The molecule has 1 N–H and O–H groups in total. The first-order valence-corrected chi connectivity index (χ1v) is 6.37. The minimum Gasteiger partial charge on any atom is -0.493 e. The summed E-state index contributed by atoms with van der Waals surface area (Å²) in [6.45, 7) is 0.430. The van der Waals surface area contributed by atoms with E-state index in [1.807, 2.05) is 24.3 Å². The third kappa shape index (κ3) is 3.78. The van der Waals surface area contributed by atoms with Gasteiger partial charge < -0.3 is 9.84 Å². The van der Waals surface area contributed by atoms with Crippen molar-refractivity contribution in [2.24, 2.45) is 0 Å². The van der Waals surface area contributed by atoms with Crippen LogP contribution >= 0.6 is 15.9 Å². The molecule has 0 aliphatic carbocycles. The lowest BCUT2D eigenvalue weighted by Gasteiger charge is -2.10. The number of ether oxygens (including phenoxy) is 1. The molecule has 0 saturated carbocycles. The molecule has 4 nitrogen and oxygen atoms in total. The first-order valence-electron chi connectivity index (χ1n) is 5.58. The van der Waals surface area contributed by atoms with Gasteiger partial charge in [0.1, 0.15) is 11.9 Å². The number of halogens is 1. The van der Waals surface area contributed by atoms with Crippen molar-refractivity contribution in [3.63, 3.8) is 0 Å². The fourth-order valence-electron chi connectivity index (χ4n) is 1.45. The third-order valence-electron chi connectivity index (χ3n) is 2.40. The number of aliphatic hydroxyl groups excluding tert-OH is 1. The van der Waals surface area contributed by atoms with Crippen molar-refractivity contribution in [1.82, 2.24) is 9.97 Å². The molecule has 1 heterocycles. The molecular formula is C13H13BrN2O2. The Morgan fingerprint density at radius 3 is 2.67 bits per heavy atom. The normalized spacial score (nSPS) is 12.1. The Morgan fingerprint density at radius 1 is 1.22 bits per heavy atom. The zero-order valence-electron chi connectivity index (χ0n) is 9.66. The van der Waals surface area contributed by atoms with Gasteiger partial charge >= 0.3 is 0 Å². The maximum Gasteiger partial charge on any atom is 0.119 e. The first-order chi connectivity index (χ1) is 8.75. The van der Waals surface area contributed by atoms with E-state index in [1.54, 1.807) is 18.6 Å². The van der Waals surface area contributed by atoms with E-state index in [4.69, 9.17) is 4.74 Å². The van der Waals surface area contributed by atoms with Crippen LogP contribution in [0.5, 0.6) is 5.75 Å². The van der Waals surface area contributed by atoms with Crippen LogP contribution in [0, 0.1) is 0 Å². The summed E-state index contributed by atoms with van der Waals surface area (Å²) in [5.74, 6) is 0.782. The second kappa shape index (κ2) is 6.47. The molecule has 18 heavy (non-hydrogen) atoms. The summed E-state index contributed by atoms with van der Waals surface area (Å²) in [6, 6.07) is 7.57. The summed E-state index contributed by atoms with van der Waals surface area (Å²) in [4.78, 5) is 7.95. The molecule has 0 bridgehead atoms. The fraction of sp³-hybridized carbons (Fsp3) is 0.231. The smallest absolute Gasteiger partial charge is 0.119 e. The molecule has 0 saturated heterocycles. The van der Waals surface area contributed by atoms with Gasteiger partial charge in [0.05, 0.1) is 18.5 Å². The lowest BCUT2D eigenvalue weighted by Crippen LogP contribution is -2.07. The molecule has 0 radical (unpaired) electrons. The number of hydrogen-bond donors (Lipinski definition) is 1. The molecule has 0 fully saturated rings. The molecular weight excluding hydrogens is 296 g/mol. The lowest BCUT2D eigenvalue weighted by molar-refractivity contribution is 0.136. The van der Waals surface area contributed by atoms with Crippen molar-refractivity contribution in [2.45, 2.75) is 12.5 Å². The number of hydrogen-bond acceptors (Lipinski definition) is 4. The van der Waals surface area contributed by atoms with E-state index in [0.717, 1.165) is 10.2 Å². The van der Waals surface area contributed by atoms with Gasteiger partial charge in [-0.2, -0.15) is 0 Å². The third-order valence-corrected chi connectivity index (χ3v) is 2.93. The van der Waals surface area contributed by atoms with Gasteiger partial charge in [-0.1, -0.05) is 15.9 Å². The molecule has 0 amide bonds. The van der Waals surface area contributed by atoms with E-state index in [2.05, 4.69) is 25.9 Å². The van der Waals surface area contributed by atoms with E-state index >= 15 is 0 Å². The average molecular weight is 309 g/mol. The Labute approximate surface area is 114 Å². The highest BCUT2D eigenvalue weighted by Crippen LogP contribution is 2.18. The molecule has 0 spiro atoms. The molecule has 1 aromatic heterocycles. The monoisotopic (exact) mass is 308 g/mol. The Morgan fingerprint density at radius 2 is 2.00 bits per heavy atom. The Kier molecular flexibility index (Phi) is 4.66. The number of aliphatic hydroxyl groups is 1. The van der Waals surface area contributed by atoms with Crippen LogP contribution in [-0.2, 0) is 0 Å². The summed E-state index contributed by atoms with van der Waals surface area (Å²) in [7, 11) is 0. The summed E-state index contributed by atoms with van der Waals surface area (Å²) in [6.07, 6.45) is 4.54. The molecule has 2 rings (SSSR count). The van der Waals surface area contributed by atoms with Crippen molar-refractivity contribution in [2.75, 3.05) is 6.61 Å². The summed E-state index contributed by atoms with van der Waals surface area (Å²) in [5, 5.41) is 9.85. The quantitative estimate of drug-likeness (QED) is 0.923. The topological polar surface area (TPSA) is 55.2 Å². The Bertz CT molecular complexity index is 476. The number of nitrogens with zero attached hydrogens (tertiary/aromatic N) is 2. The molecule has 0 aliphatic rings. The van der Waals surface area contributed by atoms with Crippen LogP contribution in [0.15, 0.2) is 47.3 Å². The zero-order valence-corrected chi connectivity index (χ0v) is 11.2. The van der Waals surface area contributed by atoms with Crippen molar-refractivity contribution in [3.05, 3.63) is 53.0 Å². The summed E-state index contributed by atoms with van der Waals surface area (Å²) >= 11 is 3.36. The minimum absolute atomic E-state index is 0.430. The molecule has 2 aromatic rings. The van der Waals surface area contributed by atoms with Crippen LogP contribution < -0.4 is 4.74 Å². The van der Waals surface area contributed by atoms with Crippen molar-refractivity contribution in [3.8, 4) is 5.75 Å². The largest absolute Gasteiger partial charge is 0.493 e. The second-order valence-corrected chi connectivity index (χ2v) is 4.65. The second-order valence-electron chi connectivity index (χ2n) is 3.74. The minimum atomic E-state index is -0.644. The predicted molar refractivity (Wildman–Crippen MR) is 71.2 cm³/mol. The van der Waals surface area contributed by atoms with Crippen molar-refractivity contribution >= 4 is 15.9 Å². The summed E-state index contributed by atoms with van der Waals surface area (Å²) in [5.41, 5.74) is 0.567. The number of benzene rings is 1. The lowest BCUT2D eigenvalue weighted by atomic mass is 10.2. The van der Waals surface area contributed by atoms with Gasteiger partial charge in [0.15, 0.2) is 0 Å². The van der Waals surface area contributed by atoms with Gasteiger partial charge in [0.2, 0.25) is 0 Å². The predicted octanol–water partition coefficient (Wildman–Crippen LogP) is 2.74. The molecule has 1 atom stereocenters. The maximum atomic E-state index is 9.85. The van der Waals surface area contributed by atoms with Gasteiger partial charge in [-0.15, -0.1) is 0 Å². The van der Waals surface area contributed by atoms with Crippen LogP contribution in [0.4, 0.5) is 0 Å². The van der Waals surface area contributed by atoms with Crippen LogP contribution in [0.25, 0.3) is 0 Å². The molecule has 94 valence electrons. The van der Waals surface area contributed by atoms with E-state index < -0.39 is 6.10 Å². The Hall–Kier alpha value is -1.46. The zero-order chi connectivity index (χ0) is 12.8.